The standard InChI is InChI=1S/C10H19N5O3S/c1-14-8-9(10(11)13-14)19(16,17)12-2-3-15-4-6-18-7-5-15/h8,12H,2-7H2,1H3,(H2,11,13). The lowest BCUT2D eigenvalue weighted by atomic mass is 10.4. The number of nitrogen functional groups attached to an aromatic ring is 1. The van der Waals surface area contributed by atoms with Crippen molar-refractivity contribution in [3.63, 3.8) is 0 Å². The number of rotatable bonds is 5. The Morgan fingerprint density at radius 1 is 1.47 bits per heavy atom. The average molecular weight is 289 g/mol. The summed E-state index contributed by atoms with van der Waals surface area (Å²) in [7, 11) is -1.96. The maximum Gasteiger partial charge on any atom is 0.245 e. The van der Waals surface area contributed by atoms with E-state index in [4.69, 9.17) is 10.5 Å². The quantitative estimate of drug-likeness (QED) is 0.692. The number of ether oxygens (including phenoxy) is 1. The molecule has 1 saturated heterocycles. The summed E-state index contributed by atoms with van der Waals surface area (Å²) in [5.41, 5.74) is 5.56. The zero-order valence-corrected chi connectivity index (χ0v) is 11.7. The second kappa shape index (κ2) is 5.87. The van der Waals surface area contributed by atoms with Crippen molar-refractivity contribution in [1.82, 2.24) is 19.4 Å². The zero-order chi connectivity index (χ0) is 13.9. The van der Waals surface area contributed by atoms with Gasteiger partial charge in [-0.25, -0.2) is 13.1 Å². The van der Waals surface area contributed by atoms with Crippen LogP contribution in [0.2, 0.25) is 0 Å². The largest absolute Gasteiger partial charge is 0.381 e. The average Bonchev–Trinajstić information content (AvgIpc) is 2.70. The summed E-state index contributed by atoms with van der Waals surface area (Å²) < 4.78 is 33.2. The number of nitrogens with one attached hydrogen (secondary N) is 1. The van der Waals surface area contributed by atoms with Crippen LogP contribution in [0, 0.1) is 0 Å². The first-order chi connectivity index (χ1) is 8.99. The summed E-state index contributed by atoms with van der Waals surface area (Å²) in [4.78, 5) is 2.18. The topological polar surface area (TPSA) is 102 Å². The van der Waals surface area contributed by atoms with Crippen molar-refractivity contribution in [3.8, 4) is 0 Å². The van der Waals surface area contributed by atoms with Crippen LogP contribution < -0.4 is 10.5 Å². The van der Waals surface area contributed by atoms with E-state index in [1.807, 2.05) is 0 Å². The number of aryl methyl sites for hydroxylation is 1. The van der Waals surface area contributed by atoms with Gasteiger partial charge in [0, 0.05) is 39.4 Å². The monoisotopic (exact) mass is 289 g/mol. The van der Waals surface area contributed by atoms with Gasteiger partial charge in [0.25, 0.3) is 0 Å². The van der Waals surface area contributed by atoms with E-state index < -0.39 is 10.0 Å². The van der Waals surface area contributed by atoms with E-state index in [9.17, 15) is 8.42 Å². The molecule has 108 valence electrons. The van der Waals surface area contributed by atoms with Crippen LogP contribution >= 0.6 is 0 Å². The maximum atomic E-state index is 12.0. The van der Waals surface area contributed by atoms with E-state index in [1.165, 1.54) is 10.9 Å². The molecule has 1 aliphatic rings. The Morgan fingerprint density at radius 2 is 2.16 bits per heavy atom. The molecule has 0 aliphatic carbocycles. The first kappa shape index (κ1) is 14.3. The van der Waals surface area contributed by atoms with Crippen molar-refractivity contribution in [3.05, 3.63) is 6.20 Å². The van der Waals surface area contributed by atoms with Crippen molar-refractivity contribution >= 4 is 15.8 Å². The molecule has 1 aromatic rings. The molecular weight excluding hydrogens is 270 g/mol. The SMILES string of the molecule is Cn1cc(S(=O)(=O)NCCN2CCOCC2)c(N)n1. The molecule has 2 heterocycles. The fraction of sp³-hybridized carbons (Fsp3) is 0.700. The molecule has 8 nitrogen and oxygen atoms in total. The summed E-state index contributed by atoms with van der Waals surface area (Å²) in [6.07, 6.45) is 1.40. The second-order valence-electron chi connectivity index (χ2n) is 4.40. The third-order valence-electron chi connectivity index (χ3n) is 2.94. The summed E-state index contributed by atoms with van der Waals surface area (Å²) in [5, 5.41) is 3.82. The van der Waals surface area contributed by atoms with Crippen molar-refractivity contribution < 1.29 is 13.2 Å². The maximum absolute atomic E-state index is 12.0. The van der Waals surface area contributed by atoms with Crippen LogP contribution in [0.1, 0.15) is 0 Å². The second-order valence-corrected chi connectivity index (χ2v) is 6.14. The molecule has 3 N–H and O–H groups in total. The summed E-state index contributed by atoms with van der Waals surface area (Å²) in [5.74, 6) is 0.0152. The van der Waals surface area contributed by atoms with Gasteiger partial charge in [0.2, 0.25) is 10.0 Å². The molecule has 19 heavy (non-hydrogen) atoms. The molecule has 0 aromatic carbocycles. The molecule has 0 atom stereocenters. The number of morpholine rings is 1. The summed E-state index contributed by atoms with van der Waals surface area (Å²) >= 11 is 0. The summed E-state index contributed by atoms with van der Waals surface area (Å²) in [6.45, 7) is 4.05. The van der Waals surface area contributed by atoms with Gasteiger partial charge in [-0.05, 0) is 0 Å². The fourth-order valence-electron chi connectivity index (χ4n) is 1.93. The molecule has 0 spiro atoms. The van der Waals surface area contributed by atoms with Gasteiger partial charge in [-0.15, -0.1) is 0 Å². The molecule has 2 rings (SSSR count). The van der Waals surface area contributed by atoms with E-state index in [-0.39, 0.29) is 10.7 Å². The van der Waals surface area contributed by atoms with Gasteiger partial charge in [0.05, 0.1) is 13.2 Å². The molecule has 0 unspecified atom stereocenters. The predicted octanol–water partition coefficient (Wildman–Crippen LogP) is -1.39. The van der Waals surface area contributed by atoms with E-state index in [1.54, 1.807) is 7.05 Å². The smallest absolute Gasteiger partial charge is 0.245 e. The van der Waals surface area contributed by atoms with Crippen LogP contribution in [0.3, 0.4) is 0 Å². The minimum atomic E-state index is -3.59. The van der Waals surface area contributed by atoms with Gasteiger partial charge in [0.15, 0.2) is 5.82 Å². The number of aromatic nitrogens is 2. The minimum Gasteiger partial charge on any atom is -0.381 e. The third kappa shape index (κ3) is 3.66. The number of hydrogen-bond acceptors (Lipinski definition) is 6. The Kier molecular flexibility index (Phi) is 4.40. The van der Waals surface area contributed by atoms with E-state index >= 15 is 0 Å². The van der Waals surface area contributed by atoms with Gasteiger partial charge in [0.1, 0.15) is 4.90 Å². The van der Waals surface area contributed by atoms with Gasteiger partial charge in [-0.3, -0.25) is 9.58 Å². The highest BCUT2D eigenvalue weighted by atomic mass is 32.2. The molecule has 1 aliphatic heterocycles. The number of hydrogen-bond donors (Lipinski definition) is 2. The molecule has 0 amide bonds. The third-order valence-corrected chi connectivity index (χ3v) is 4.41. The van der Waals surface area contributed by atoms with Crippen molar-refractivity contribution in [1.29, 1.82) is 0 Å². The summed E-state index contributed by atoms with van der Waals surface area (Å²) in [6, 6.07) is 0. The van der Waals surface area contributed by atoms with Gasteiger partial charge in [-0.2, -0.15) is 5.10 Å². The predicted molar refractivity (Wildman–Crippen MR) is 70.1 cm³/mol. The normalized spacial score (nSPS) is 17.7. The fourth-order valence-corrected chi connectivity index (χ4v) is 3.05. The van der Waals surface area contributed by atoms with Crippen LogP contribution in [0.15, 0.2) is 11.1 Å². The number of sulfonamides is 1. The van der Waals surface area contributed by atoms with E-state index in [2.05, 4.69) is 14.7 Å². The highest BCUT2D eigenvalue weighted by Crippen LogP contribution is 2.14. The molecular formula is C10H19N5O3S. The molecule has 9 heteroatoms. The first-order valence-electron chi connectivity index (χ1n) is 6.08. The number of nitrogens with zero attached hydrogens (tertiary/aromatic N) is 3. The zero-order valence-electron chi connectivity index (χ0n) is 10.9. The lowest BCUT2D eigenvalue weighted by molar-refractivity contribution is 0.0390. The molecule has 0 saturated carbocycles. The van der Waals surface area contributed by atoms with Crippen LogP contribution in [0.4, 0.5) is 5.82 Å². The lowest BCUT2D eigenvalue weighted by Gasteiger charge is -2.26. The Balaban J connectivity index is 1.89. The number of nitrogens with two attached hydrogens (primary N) is 1. The van der Waals surface area contributed by atoms with Crippen LogP contribution in [-0.2, 0) is 21.8 Å². The molecule has 1 aromatic heterocycles. The Labute approximate surface area is 112 Å². The van der Waals surface area contributed by atoms with Gasteiger partial charge in [-0.1, -0.05) is 0 Å². The van der Waals surface area contributed by atoms with Crippen LogP contribution in [0.5, 0.6) is 0 Å². The van der Waals surface area contributed by atoms with Crippen LogP contribution in [-0.4, -0.2) is 62.5 Å². The molecule has 0 radical (unpaired) electrons. The van der Waals surface area contributed by atoms with Gasteiger partial charge >= 0.3 is 0 Å². The van der Waals surface area contributed by atoms with Crippen molar-refractivity contribution in [2.75, 3.05) is 45.1 Å². The van der Waals surface area contributed by atoms with E-state index in [0.717, 1.165) is 13.1 Å². The van der Waals surface area contributed by atoms with Gasteiger partial charge < -0.3 is 10.5 Å². The highest BCUT2D eigenvalue weighted by Gasteiger charge is 2.20. The Morgan fingerprint density at radius 3 is 2.74 bits per heavy atom. The Bertz CT molecular complexity index is 521. The molecule has 1 fully saturated rings. The van der Waals surface area contributed by atoms with Crippen LogP contribution in [0.25, 0.3) is 0 Å². The highest BCUT2D eigenvalue weighted by molar-refractivity contribution is 7.89. The van der Waals surface area contributed by atoms with Crippen molar-refractivity contribution in [2.45, 2.75) is 4.90 Å². The Hall–Kier alpha value is -1.16. The minimum absolute atomic E-state index is 0.0152. The first-order valence-corrected chi connectivity index (χ1v) is 7.56. The molecule has 0 bridgehead atoms. The lowest BCUT2D eigenvalue weighted by Crippen LogP contribution is -2.41. The number of anilines is 1. The van der Waals surface area contributed by atoms with E-state index in [0.29, 0.717) is 26.3 Å². The van der Waals surface area contributed by atoms with Crippen molar-refractivity contribution in [2.24, 2.45) is 7.05 Å².